The van der Waals surface area contributed by atoms with E-state index in [-0.39, 0.29) is 11.0 Å². The van der Waals surface area contributed by atoms with E-state index >= 15 is 0 Å². The van der Waals surface area contributed by atoms with Crippen molar-refractivity contribution in [3.63, 3.8) is 0 Å². The Labute approximate surface area is 187 Å². The van der Waals surface area contributed by atoms with Crippen LogP contribution in [0, 0.1) is 13.8 Å². The van der Waals surface area contributed by atoms with E-state index in [1.165, 1.54) is 0 Å². The summed E-state index contributed by atoms with van der Waals surface area (Å²) in [6, 6.07) is 18.8. The van der Waals surface area contributed by atoms with Crippen molar-refractivity contribution in [2.24, 2.45) is 0 Å². The van der Waals surface area contributed by atoms with Crippen LogP contribution in [-0.2, 0) is 13.0 Å². The Bertz CT molecular complexity index is 1370. The van der Waals surface area contributed by atoms with Crippen LogP contribution in [0.15, 0.2) is 65.5 Å². The van der Waals surface area contributed by atoms with E-state index in [0.29, 0.717) is 23.2 Å². The van der Waals surface area contributed by atoms with Crippen molar-refractivity contribution in [1.29, 1.82) is 0 Å². The van der Waals surface area contributed by atoms with Gasteiger partial charge in [0, 0.05) is 13.0 Å². The van der Waals surface area contributed by atoms with Crippen molar-refractivity contribution in [2.45, 2.75) is 40.2 Å². The number of aromatic nitrogens is 2. The van der Waals surface area contributed by atoms with Gasteiger partial charge in [-0.05, 0) is 66.3 Å². The molecule has 0 saturated heterocycles. The van der Waals surface area contributed by atoms with Crippen LogP contribution < -0.4 is 5.43 Å². The number of hydrogen-bond acceptors (Lipinski definition) is 3. The molecule has 0 fully saturated rings. The van der Waals surface area contributed by atoms with Crippen LogP contribution in [0.1, 0.15) is 46.2 Å². The van der Waals surface area contributed by atoms with Gasteiger partial charge in [0.05, 0.1) is 16.6 Å². The molecule has 0 aliphatic carbocycles. The predicted molar refractivity (Wildman–Crippen MR) is 127 cm³/mol. The topological polar surface area (TPSA) is 72.2 Å². The van der Waals surface area contributed by atoms with Gasteiger partial charge in [0.25, 0.3) is 0 Å². The van der Waals surface area contributed by atoms with Gasteiger partial charge in [0.1, 0.15) is 5.82 Å². The van der Waals surface area contributed by atoms with E-state index in [4.69, 9.17) is 4.98 Å². The lowest BCUT2D eigenvalue weighted by Crippen LogP contribution is -2.07. The van der Waals surface area contributed by atoms with E-state index in [1.807, 2.05) is 62.4 Å². The molecule has 0 amide bonds. The average molecular weight is 427 g/mol. The highest BCUT2D eigenvalue weighted by atomic mass is 16.4. The fraction of sp³-hybridized carbons (Fsp3) is 0.222. The summed E-state index contributed by atoms with van der Waals surface area (Å²) in [6.45, 7) is 6.44. The first-order chi connectivity index (χ1) is 15.4. The molecule has 1 aromatic heterocycles. The number of fused-ring (bicyclic) bond motifs is 1. The van der Waals surface area contributed by atoms with Gasteiger partial charge in [-0.3, -0.25) is 4.79 Å². The minimum absolute atomic E-state index is 0.0491. The second-order valence-corrected chi connectivity index (χ2v) is 8.17. The summed E-state index contributed by atoms with van der Waals surface area (Å²) in [4.78, 5) is 28.8. The van der Waals surface area contributed by atoms with Crippen LogP contribution in [0.4, 0.5) is 0 Å². The maximum absolute atomic E-state index is 12.4. The molecule has 1 heterocycles. The minimum atomic E-state index is -0.935. The van der Waals surface area contributed by atoms with Crippen LogP contribution in [0.5, 0.6) is 0 Å². The van der Waals surface area contributed by atoms with Crippen LogP contribution in [-0.4, -0.2) is 20.6 Å². The summed E-state index contributed by atoms with van der Waals surface area (Å²) in [5.74, 6) is 0.0651. The van der Waals surface area contributed by atoms with Gasteiger partial charge in [-0.25, -0.2) is 9.78 Å². The summed E-state index contributed by atoms with van der Waals surface area (Å²) in [5.41, 5.74) is 6.19. The average Bonchev–Trinajstić information content (AvgIpc) is 3.04. The third-order valence-corrected chi connectivity index (χ3v) is 5.77. The quantitative estimate of drug-likeness (QED) is 0.449. The van der Waals surface area contributed by atoms with Gasteiger partial charge < -0.3 is 9.67 Å². The zero-order chi connectivity index (χ0) is 22.8. The van der Waals surface area contributed by atoms with Crippen LogP contribution in [0.3, 0.4) is 0 Å². The summed E-state index contributed by atoms with van der Waals surface area (Å²) < 4.78 is 2.19. The molecular formula is C27H26N2O3. The summed E-state index contributed by atoms with van der Waals surface area (Å²) in [6.07, 6.45) is 1.83. The molecule has 32 heavy (non-hydrogen) atoms. The normalized spacial score (nSPS) is 11.1. The van der Waals surface area contributed by atoms with Gasteiger partial charge in [0.2, 0.25) is 0 Å². The first-order valence-corrected chi connectivity index (χ1v) is 10.8. The maximum Gasteiger partial charge on any atom is 0.336 e. The Balaban J connectivity index is 1.76. The molecule has 0 saturated carbocycles. The number of imidazole rings is 1. The highest BCUT2D eigenvalue weighted by Gasteiger charge is 2.14. The molecule has 0 unspecified atom stereocenters. The zero-order valence-electron chi connectivity index (χ0n) is 18.6. The largest absolute Gasteiger partial charge is 0.478 e. The standard InChI is InChI=1S/C27H26N2O3/c1-4-7-25-28-23-14-17(2)26(30)18(3)15-24(23)29(25)16-19-10-12-20(13-11-19)21-8-5-6-9-22(21)27(31)32/h5-6,8-15H,4,7,16H2,1-3H3,(H,31,32). The van der Waals surface area contributed by atoms with Gasteiger partial charge in [-0.2, -0.15) is 0 Å². The summed E-state index contributed by atoms with van der Waals surface area (Å²) in [5, 5.41) is 9.48. The molecule has 5 nitrogen and oxygen atoms in total. The van der Waals surface area contributed by atoms with E-state index in [0.717, 1.165) is 40.8 Å². The Morgan fingerprint density at radius 2 is 1.69 bits per heavy atom. The Hall–Kier alpha value is -3.73. The molecule has 162 valence electrons. The SMILES string of the molecule is CCCc1nc2cc(C)c(=O)c(C)cc2n1Cc1ccc(-c2ccccc2C(=O)O)cc1. The minimum Gasteiger partial charge on any atom is -0.478 e. The third kappa shape index (κ3) is 4.06. The van der Waals surface area contributed by atoms with Crippen molar-refractivity contribution >= 4 is 17.0 Å². The number of carboxylic acids is 1. The molecule has 0 spiro atoms. The molecule has 0 atom stereocenters. The highest BCUT2D eigenvalue weighted by molar-refractivity contribution is 5.96. The molecule has 0 aliphatic rings. The van der Waals surface area contributed by atoms with Gasteiger partial charge in [0.15, 0.2) is 5.43 Å². The lowest BCUT2D eigenvalue weighted by Gasteiger charge is -2.11. The lowest BCUT2D eigenvalue weighted by atomic mass is 9.99. The number of hydrogen-bond donors (Lipinski definition) is 1. The van der Waals surface area contributed by atoms with Gasteiger partial charge >= 0.3 is 5.97 Å². The molecule has 0 aliphatic heterocycles. The van der Waals surface area contributed by atoms with Gasteiger partial charge in [-0.15, -0.1) is 0 Å². The lowest BCUT2D eigenvalue weighted by molar-refractivity contribution is 0.0697. The van der Waals surface area contributed by atoms with Crippen molar-refractivity contribution in [2.75, 3.05) is 0 Å². The Kier molecular flexibility index (Phi) is 5.91. The Morgan fingerprint density at radius 1 is 1.00 bits per heavy atom. The number of carboxylic acid groups (broad SMARTS) is 1. The number of nitrogens with zero attached hydrogens (tertiary/aromatic N) is 2. The fourth-order valence-corrected chi connectivity index (χ4v) is 4.13. The predicted octanol–water partition coefficient (Wildman–Crippen LogP) is 5.38. The maximum atomic E-state index is 12.4. The molecule has 4 aromatic rings. The molecule has 0 radical (unpaired) electrons. The van der Waals surface area contributed by atoms with E-state index in [1.54, 1.807) is 12.1 Å². The van der Waals surface area contributed by atoms with Gasteiger partial charge in [-0.1, -0.05) is 49.4 Å². The third-order valence-electron chi connectivity index (χ3n) is 5.77. The first-order valence-electron chi connectivity index (χ1n) is 10.8. The molecule has 0 bridgehead atoms. The molecule has 1 N–H and O–H groups in total. The van der Waals surface area contributed by atoms with Crippen LogP contribution >= 0.6 is 0 Å². The highest BCUT2D eigenvalue weighted by Crippen LogP contribution is 2.25. The second kappa shape index (κ2) is 8.79. The molecule has 5 heteroatoms. The molecule has 4 rings (SSSR count). The zero-order valence-corrected chi connectivity index (χ0v) is 18.6. The van der Waals surface area contributed by atoms with Crippen molar-refractivity contribution in [3.05, 3.63) is 99.0 Å². The second-order valence-electron chi connectivity index (χ2n) is 8.17. The van der Waals surface area contributed by atoms with Crippen LogP contribution in [0.25, 0.3) is 22.2 Å². The number of aryl methyl sites for hydroxylation is 3. The van der Waals surface area contributed by atoms with E-state index in [2.05, 4.69) is 11.5 Å². The number of benzene rings is 2. The van der Waals surface area contributed by atoms with Crippen molar-refractivity contribution in [1.82, 2.24) is 9.55 Å². The van der Waals surface area contributed by atoms with Crippen LogP contribution in [0.2, 0.25) is 0 Å². The molecule has 3 aromatic carbocycles. The Morgan fingerprint density at radius 3 is 2.38 bits per heavy atom. The monoisotopic (exact) mass is 426 g/mol. The summed E-state index contributed by atoms with van der Waals surface area (Å²) >= 11 is 0. The van der Waals surface area contributed by atoms with E-state index < -0.39 is 5.97 Å². The van der Waals surface area contributed by atoms with Crippen molar-refractivity contribution in [3.8, 4) is 11.1 Å². The first kappa shape index (κ1) is 21.5. The smallest absolute Gasteiger partial charge is 0.336 e. The number of aromatic carboxylic acids is 1. The van der Waals surface area contributed by atoms with Crippen molar-refractivity contribution < 1.29 is 9.90 Å². The number of carbonyl (C=O) groups is 1. The summed E-state index contributed by atoms with van der Waals surface area (Å²) in [7, 11) is 0. The fourth-order valence-electron chi connectivity index (χ4n) is 4.13. The van der Waals surface area contributed by atoms with E-state index in [9.17, 15) is 14.7 Å². The number of rotatable bonds is 6. The molecular weight excluding hydrogens is 400 g/mol.